The van der Waals surface area contributed by atoms with Gasteiger partial charge in [-0.25, -0.2) is 0 Å². The highest BCUT2D eigenvalue weighted by Gasteiger charge is 2.41. The Bertz CT molecular complexity index is 333. The molecule has 1 N–H and O–H groups in total. The van der Waals surface area contributed by atoms with Gasteiger partial charge in [0.15, 0.2) is 0 Å². The Balaban J connectivity index is 1.58. The summed E-state index contributed by atoms with van der Waals surface area (Å²) in [4.78, 5) is 16.9. The molecule has 3 saturated heterocycles. The second-order valence-corrected chi connectivity index (χ2v) is 6.77. The molecule has 3 aliphatic rings. The van der Waals surface area contributed by atoms with Crippen molar-refractivity contribution in [2.24, 2.45) is 5.92 Å². The van der Waals surface area contributed by atoms with Crippen LogP contribution in [-0.4, -0.2) is 58.6 Å². The molecule has 4 heteroatoms. The first kappa shape index (κ1) is 13.4. The summed E-state index contributed by atoms with van der Waals surface area (Å²) in [7, 11) is 0. The highest BCUT2D eigenvalue weighted by Crippen LogP contribution is 2.35. The molecule has 3 unspecified atom stereocenters. The maximum atomic E-state index is 12.4. The van der Waals surface area contributed by atoms with Gasteiger partial charge in [-0.05, 0) is 44.4 Å². The number of carbonyl (C=O) groups is 1. The largest absolute Gasteiger partial charge is 0.393 e. The van der Waals surface area contributed by atoms with E-state index in [2.05, 4.69) is 16.7 Å². The van der Waals surface area contributed by atoms with Crippen molar-refractivity contribution in [2.75, 3.05) is 19.6 Å². The molecule has 3 atom stereocenters. The van der Waals surface area contributed by atoms with E-state index >= 15 is 0 Å². The van der Waals surface area contributed by atoms with Crippen LogP contribution < -0.4 is 0 Å². The van der Waals surface area contributed by atoms with Gasteiger partial charge in [0.2, 0.25) is 5.91 Å². The summed E-state index contributed by atoms with van der Waals surface area (Å²) in [6.07, 6.45) is 6.31. The lowest BCUT2D eigenvalue weighted by Gasteiger charge is -2.39. The monoisotopic (exact) mass is 266 g/mol. The highest BCUT2D eigenvalue weighted by molar-refractivity contribution is 5.78. The molecule has 0 radical (unpaired) electrons. The molecule has 0 aromatic heterocycles. The van der Waals surface area contributed by atoms with Crippen molar-refractivity contribution in [2.45, 2.75) is 63.6 Å². The van der Waals surface area contributed by atoms with Gasteiger partial charge in [-0.2, -0.15) is 0 Å². The standard InChI is InChI=1S/C15H26N2O2/c1-11-3-2-6-16(9-11)15(19)10-17-12-4-5-13(17)8-14(18)7-12/h11-14,18H,2-10H2,1H3. The predicted molar refractivity (Wildman–Crippen MR) is 73.7 cm³/mol. The number of aliphatic hydroxyl groups is 1. The van der Waals surface area contributed by atoms with E-state index in [-0.39, 0.29) is 6.10 Å². The van der Waals surface area contributed by atoms with E-state index in [1.807, 2.05) is 0 Å². The predicted octanol–water partition coefficient (Wildman–Crippen LogP) is 1.23. The van der Waals surface area contributed by atoms with Crippen molar-refractivity contribution in [1.29, 1.82) is 0 Å². The Morgan fingerprint density at radius 3 is 2.53 bits per heavy atom. The molecule has 108 valence electrons. The Morgan fingerprint density at radius 1 is 1.21 bits per heavy atom. The molecule has 3 aliphatic heterocycles. The number of rotatable bonds is 2. The van der Waals surface area contributed by atoms with Crippen molar-refractivity contribution >= 4 is 5.91 Å². The SMILES string of the molecule is CC1CCCN(C(=O)CN2C3CCC2CC(O)C3)C1. The summed E-state index contributed by atoms with van der Waals surface area (Å²) in [5.74, 6) is 0.956. The van der Waals surface area contributed by atoms with Gasteiger partial charge < -0.3 is 10.0 Å². The minimum atomic E-state index is -0.140. The first-order chi connectivity index (χ1) is 9.13. The third-order valence-corrected chi connectivity index (χ3v) is 5.19. The van der Waals surface area contributed by atoms with Crippen molar-refractivity contribution in [1.82, 2.24) is 9.80 Å². The molecule has 2 bridgehead atoms. The van der Waals surface area contributed by atoms with Crippen molar-refractivity contribution in [3.05, 3.63) is 0 Å². The maximum Gasteiger partial charge on any atom is 0.236 e. The van der Waals surface area contributed by atoms with Crippen LogP contribution in [-0.2, 0) is 4.79 Å². The molecule has 19 heavy (non-hydrogen) atoms. The van der Waals surface area contributed by atoms with Gasteiger partial charge in [0.1, 0.15) is 0 Å². The number of nitrogens with zero attached hydrogens (tertiary/aromatic N) is 2. The van der Waals surface area contributed by atoms with Crippen LogP contribution in [0.3, 0.4) is 0 Å². The molecule has 0 saturated carbocycles. The van der Waals surface area contributed by atoms with E-state index in [1.165, 1.54) is 6.42 Å². The van der Waals surface area contributed by atoms with Crippen LogP contribution in [0.5, 0.6) is 0 Å². The lowest BCUT2D eigenvalue weighted by atomic mass is 9.99. The zero-order chi connectivity index (χ0) is 13.4. The first-order valence-corrected chi connectivity index (χ1v) is 7.85. The Labute approximate surface area is 115 Å². The topological polar surface area (TPSA) is 43.8 Å². The molecule has 0 spiro atoms. The third-order valence-electron chi connectivity index (χ3n) is 5.19. The van der Waals surface area contributed by atoms with Gasteiger partial charge in [-0.15, -0.1) is 0 Å². The molecule has 3 fully saturated rings. The smallest absolute Gasteiger partial charge is 0.236 e. The summed E-state index contributed by atoms with van der Waals surface area (Å²) < 4.78 is 0. The van der Waals surface area contributed by atoms with E-state index in [4.69, 9.17) is 0 Å². The van der Waals surface area contributed by atoms with Gasteiger partial charge in [0, 0.05) is 25.2 Å². The first-order valence-electron chi connectivity index (χ1n) is 7.85. The summed E-state index contributed by atoms with van der Waals surface area (Å²) in [6, 6.07) is 0.889. The Kier molecular flexibility index (Phi) is 3.81. The quantitative estimate of drug-likeness (QED) is 0.817. The summed E-state index contributed by atoms with van der Waals surface area (Å²) in [6.45, 7) is 4.69. The Hall–Kier alpha value is -0.610. The number of carbonyl (C=O) groups excluding carboxylic acids is 1. The fourth-order valence-electron chi connectivity index (χ4n) is 4.18. The van der Waals surface area contributed by atoms with Gasteiger partial charge in [0.05, 0.1) is 12.6 Å². The number of hydrogen-bond donors (Lipinski definition) is 1. The fourth-order valence-corrected chi connectivity index (χ4v) is 4.18. The summed E-state index contributed by atoms with van der Waals surface area (Å²) >= 11 is 0. The zero-order valence-electron chi connectivity index (χ0n) is 11.9. The molecule has 3 heterocycles. The summed E-state index contributed by atoms with van der Waals surface area (Å²) in [5.41, 5.74) is 0. The minimum absolute atomic E-state index is 0.140. The average molecular weight is 266 g/mol. The number of hydrogen-bond acceptors (Lipinski definition) is 3. The third kappa shape index (κ3) is 2.79. The lowest BCUT2D eigenvalue weighted by Crippen LogP contribution is -2.51. The molecule has 4 nitrogen and oxygen atoms in total. The van der Waals surface area contributed by atoms with Crippen LogP contribution >= 0.6 is 0 Å². The van der Waals surface area contributed by atoms with Crippen molar-refractivity contribution in [3.8, 4) is 0 Å². The molecule has 3 rings (SSSR count). The number of amides is 1. The van der Waals surface area contributed by atoms with Crippen molar-refractivity contribution < 1.29 is 9.90 Å². The van der Waals surface area contributed by atoms with Crippen LogP contribution in [0.25, 0.3) is 0 Å². The van der Waals surface area contributed by atoms with E-state index in [9.17, 15) is 9.90 Å². The van der Waals surface area contributed by atoms with Crippen LogP contribution in [0, 0.1) is 5.92 Å². The average Bonchev–Trinajstić information content (AvgIpc) is 2.61. The van der Waals surface area contributed by atoms with Gasteiger partial charge in [-0.1, -0.05) is 6.92 Å². The fraction of sp³-hybridized carbons (Fsp3) is 0.933. The molecule has 1 amide bonds. The second kappa shape index (κ2) is 5.41. The molecular weight excluding hydrogens is 240 g/mol. The molecule has 0 aromatic carbocycles. The van der Waals surface area contributed by atoms with Gasteiger partial charge >= 0.3 is 0 Å². The van der Waals surface area contributed by atoms with Crippen molar-refractivity contribution in [3.63, 3.8) is 0 Å². The van der Waals surface area contributed by atoms with Crippen LogP contribution in [0.1, 0.15) is 45.4 Å². The van der Waals surface area contributed by atoms with E-state index in [0.29, 0.717) is 30.5 Å². The van der Waals surface area contributed by atoms with E-state index in [0.717, 1.165) is 45.2 Å². The van der Waals surface area contributed by atoms with E-state index < -0.39 is 0 Å². The highest BCUT2D eigenvalue weighted by atomic mass is 16.3. The number of fused-ring (bicyclic) bond motifs is 2. The molecular formula is C15H26N2O2. The van der Waals surface area contributed by atoms with Gasteiger partial charge in [0.25, 0.3) is 0 Å². The normalized spacial score (nSPS) is 39.6. The minimum Gasteiger partial charge on any atom is -0.393 e. The maximum absolute atomic E-state index is 12.4. The number of piperidine rings is 2. The van der Waals surface area contributed by atoms with E-state index in [1.54, 1.807) is 0 Å². The van der Waals surface area contributed by atoms with Crippen LogP contribution in [0.4, 0.5) is 0 Å². The molecule has 0 aliphatic carbocycles. The second-order valence-electron chi connectivity index (χ2n) is 6.77. The lowest BCUT2D eigenvalue weighted by molar-refractivity contribution is -0.135. The zero-order valence-corrected chi connectivity index (χ0v) is 11.9. The molecule has 0 aromatic rings. The van der Waals surface area contributed by atoms with Crippen LogP contribution in [0.15, 0.2) is 0 Å². The Morgan fingerprint density at radius 2 is 1.89 bits per heavy atom. The van der Waals surface area contributed by atoms with Gasteiger partial charge in [-0.3, -0.25) is 9.69 Å². The number of aliphatic hydroxyl groups excluding tert-OH is 1. The van der Waals surface area contributed by atoms with Crippen LogP contribution in [0.2, 0.25) is 0 Å². The summed E-state index contributed by atoms with van der Waals surface area (Å²) in [5, 5.41) is 9.80. The number of likely N-dealkylation sites (tertiary alicyclic amines) is 1.